The zero-order valence-electron chi connectivity index (χ0n) is 8.82. The third-order valence-electron chi connectivity index (χ3n) is 2.25. The van der Waals surface area contributed by atoms with E-state index in [2.05, 4.69) is 0 Å². The van der Waals surface area contributed by atoms with Crippen LogP contribution in [0.5, 0.6) is 5.75 Å². The largest absolute Gasteiger partial charge is 0.496 e. The first-order valence-corrected chi connectivity index (χ1v) is 5.89. The summed E-state index contributed by atoms with van der Waals surface area (Å²) < 4.78 is 39.3. The Morgan fingerprint density at radius 2 is 2.00 bits per heavy atom. The average molecular weight is 232 g/mol. The second-order valence-corrected chi connectivity index (χ2v) is 5.02. The van der Waals surface area contributed by atoms with Gasteiger partial charge in [0, 0.05) is 5.56 Å². The molecule has 0 heterocycles. The Kier molecular flexibility index (Phi) is 3.34. The molecule has 0 fully saturated rings. The number of hydrogen-bond acceptors (Lipinski definition) is 3. The number of benzene rings is 1. The van der Waals surface area contributed by atoms with Gasteiger partial charge in [0.15, 0.2) is 0 Å². The third kappa shape index (κ3) is 2.68. The lowest BCUT2D eigenvalue weighted by Crippen LogP contribution is -2.06. The highest BCUT2D eigenvalue weighted by atomic mass is 32.3. The molecule has 0 N–H and O–H groups in total. The minimum atomic E-state index is -4.58. The van der Waals surface area contributed by atoms with Crippen molar-refractivity contribution in [1.82, 2.24) is 0 Å². The van der Waals surface area contributed by atoms with Crippen LogP contribution in [0.2, 0.25) is 0 Å². The normalized spacial score (nSPS) is 13.6. The second-order valence-electron chi connectivity index (χ2n) is 3.36. The maximum Gasteiger partial charge on any atom is 0.309 e. The first kappa shape index (κ1) is 12.0. The topological polar surface area (TPSA) is 43.4 Å². The molecule has 0 spiro atoms. The fourth-order valence-corrected chi connectivity index (χ4v) is 1.80. The number of halogens is 1. The molecule has 0 aliphatic heterocycles. The van der Waals surface area contributed by atoms with Crippen LogP contribution in [0.15, 0.2) is 18.2 Å². The van der Waals surface area contributed by atoms with Crippen LogP contribution >= 0.6 is 0 Å². The summed E-state index contributed by atoms with van der Waals surface area (Å²) in [5, 5.41) is -1.20. The Labute approximate surface area is 89.1 Å². The molecule has 0 bridgehead atoms. The summed E-state index contributed by atoms with van der Waals surface area (Å²) in [4.78, 5) is 0. The number of hydrogen-bond donors (Lipinski definition) is 0. The van der Waals surface area contributed by atoms with Crippen LogP contribution in [0.1, 0.15) is 23.3 Å². The molecular weight excluding hydrogens is 219 g/mol. The monoisotopic (exact) mass is 232 g/mol. The standard InChI is InChI=1S/C10H13FO3S/c1-7-4-5-9(10(6-7)14-3)8(2)15(11,12)13/h4-6,8H,1-3H3. The minimum Gasteiger partial charge on any atom is -0.496 e. The fourth-order valence-electron chi connectivity index (χ4n) is 1.31. The quantitative estimate of drug-likeness (QED) is 0.751. The molecule has 0 aliphatic rings. The van der Waals surface area contributed by atoms with Crippen LogP contribution in [0.4, 0.5) is 3.89 Å². The second kappa shape index (κ2) is 4.18. The van der Waals surface area contributed by atoms with E-state index in [4.69, 9.17) is 4.74 Å². The molecule has 0 saturated heterocycles. The third-order valence-corrected chi connectivity index (χ3v) is 3.35. The van der Waals surface area contributed by atoms with Gasteiger partial charge in [-0.05, 0) is 25.5 Å². The molecular formula is C10H13FO3S. The molecule has 3 nitrogen and oxygen atoms in total. The first-order chi connectivity index (χ1) is 6.86. The van der Waals surface area contributed by atoms with Gasteiger partial charge in [0.1, 0.15) is 11.0 Å². The van der Waals surface area contributed by atoms with E-state index in [1.54, 1.807) is 18.2 Å². The van der Waals surface area contributed by atoms with E-state index in [1.165, 1.54) is 14.0 Å². The van der Waals surface area contributed by atoms with Gasteiger partial charge >= 0.3 is 10.2 Å². The van der Waals surface area contributed by atoms with E-state index >= 15 is 0 Å². The molecule has 0 aliphatic carbocycles. The summed E-state index contributed by atoms with van der Waals surface area (Å²) in [6, 6.07) is 4.96. The fraction of sp³-hybridized carbons (Fsp3) is 0.400. The molecule has 1 unspecified atom stereocenters. The highest BCUT2D eigenvalue weighted by molar-refractivity contribution is 7.86. The Morgan fingerprint density at radius 3 is 2.47 bits per heavy atom. The van der Waals surface area contributed by atoms with Gasteiger partial charge in [-0.3, -0.25) is 0 Å². The predicted molar refractivity (Wildman–Crippen MR) is 56.2 cm³/mol. The van der Waals surface area contributed by atoms with Crippen molar-refractivity contribution in [1.29, 1.82) is 0 Å². The molecule has 5 heteroatoms. The van der Waals surface area contributed by atoms with Crippen molar-refractivity contribution in [3.63, 3.8) is 0 Å². The van der Waals surface area contributed by atoms with Gasteiger partial charge in [0.05, 0.1) is 7.11 Å². The van der Waals surface area contributed by atoms with Crippen LogP contribution in [-0.2, 0) is 10.2 Å². The van der Waals surface area contributed by atoms with Gasteiger partial charge in [-0.2, -0.15) is 8.42 Å². The highest BCUT2D eigenvalue weighted by Gasteiger charge is 2.24. The van der Waals surface area contributed by atoms with Crippen molar-refractivity contribution < 1.29 is 17.0 Å². The van der Waals surface area contributed by atoms with E-state index < -0.39 is 15.5 Å². The Morgan fingerprint density at radius 1 is 1.40 bits per heavy atom. The van der Waals surface area contributed by atoms with E-state index in [-0.39, 0.29) is 0 Å². The van der Waals surface area contributed by atoms with Crippen LogP contribution in [0.25, 0.3) is 0 Å². The van der Waals surface area contributed by atoms with Gasteiger partial charge < -0.3 is 4.74 Å². The van der Waals surface area contributed by atoms with Crippen molar-refractivity contribution in [2.24, 2.45) is 0 Å². The van der Waals surface area contributed by atoms with Gasteiger partial charge in [0.2, 0.25) is 0 Å². The Hall–Kier alpha value is -1.10. The molecule has 1 rings (SSSR count). The van der Waals surface area contributed by atoms with Gasteiger partial charge in [0.25, 0.3) is 0 Å². The summed E-state index contributed by atoms with van der Waals surface area (Å²) in [6.07, 6.45) is 0. The lowest BCUT2D eigenvalue weighted by Gasteiger charge is -2.12. The molecule has 1 aromatic rings. The van der Waals surface area contributed by atoms with Crippen LogP contribution in [-0.4, -0.2) is 15.5 Å². The SMILES string of the molecule is COc1cc(C)ccc1C(C)S(=O)(=O)F. The molecule has 0 saturated carbocycles. The molecule has 15 heavy (non-hydrogen) atoms. The smallest absolute Gasteiger partial charge is 0.309 e. The maximum absolute atomic E-state index is 12.8. The van der Waals surface area contributed by atoms with E-state index in [0.717, 1.165) is 5.56 Å². The van der Waals surface area contributed by atoms with Gasteiger partial charge in [-0.25, -0.2) is 0 Å². The van der Waals surface area contributed by atoms with Crippen molar-refractivity contribution in [2.75, 3.05) is 7.11 Å². The highest BCUT2D eigenvalue weighted by Crippen LogP contribution is 2.31. The summed E-state index contributed by atoms with van der Waals surface area (Å²) in [6.45, 7) is 3.14. The van der Waals surface area contributed by atoms with Crippen molar-refractivity contribution in [3.8, 4) is 5.75 Å². The zero-order valence-corrected chi connectivity index (χ0v) is 9.64. The van der Waals surface area contributed by atoms with Crippen molar-refractivity contribution in [3.05, 3.63) is 29.3 Å². The molecule has 0 aromatic heterocycles. The Balaban J connectivity index is 3.26. The maximum atomic E-state index is 12.8. The van der Waals surface area contributed by atoms with Crippen LogP contribution in [0.3, 0.4) is 0 Å². The number of aryl methyl sites for hydroxylation is 1. The molecule has 1 aromatic carbocycles. The zero-order chi connectivity index (χ0) is 11.6. The summed E-state index contributed by atoms with van der Waals surface area (Å²) in [7, 11) is -3.15. The first-order valence-electron chi connectivity index (χ1n) is 4.44. The number of ether oxygens (including phenoxy) is 1. The predicted octanol–water partition coefficient (Wildman–Crippen LogP) is 2.36. The lowest BCUT2D eigenvalue weighted by atomic mass is 10.1. The summed E-state index contributed by atoms with van der Waals surface area (Å²) >= 11 is 0. The molecule has 0 radical (unpaired) electrons. The summed E-state index contributed by atoms with van der Waals surface area (Å²) in [5.41, 5.74) is 1.27. The number of methoxy groups -OCH3 is 1. The van der Waals surface area contributed by atoms with Crippen LogP contribution < -0.4 is 4.74 Å². The van der Waals surface area contributed by atoms with E-state index in [9.17, 15) is 12.3 Å². The van der Waals surface area contributed by atoms with Gasteiger partial charge in [-0.15, -0.1) is 3.89 Å². The average Bonchev–Trinajstić information content (AvgIpc) is 2.15. The van der Waals surface area contributed by atoms with E-state index in [0.29, 0.717) is 11.3 Å². The van der Waals surface area contributed by atoms with Crippen molar-refractivity contribution in [2.45, 2.75) is 19.1 Å². The van der Waals surface area contributed by atoms with Crippen LogP contribution in [0, 0.1) is 6.92 Å². The minimum absolute atomic E-state index is 0.339. The van der Waals surface area contributed by atoms with Gasteiger partial charge in [-0.1, -0.05) is 12.1 Å². The lowest BCUT2D eigenvalue weighted by molar-refractivity contribution is 0.408. The van der Waals surface area contributed by atoms with Crippen molar-refractivity contribution >= 4 is 10.2 Å². The molecule has 84 valence electrons. The molecule has 0 amide bonds. The summed E-state index contributed by atoms with van der Waals surface area (Å²) in [5.74, 6) is 0.392. The Bertz CT molecular complexity index is 454. The molecule has 1 atom stereocenters. The number of rotatable bonds is 3. The van der Waals surface area contributed by atoms with E-state index in [1.807, 2.05) is 6.92 Å².